The number of carbonyl (C=O) groups is 1. The van der Waals surface area contributed by atoms with Crippen LogP contribution in [0.25, 0.3) is 22.2 Å². The molecular formula is C24H29N4O3. The molecule has 0 atom stereocenters. The van der Waals surface area contributed by atoms with Gasteiger partial charge in [0.25, 0.3) is 11.5 Å². The zero-order chi connectivity index (χ0) is 22.0. The van der Waals surface area contributed by atoms with Gasteiger partial charge in [0.05, 0.1) is 17.9 Å². The number of fused-ring (bicyclic) bond motifs is 1. The number of hydrogen-bond acceptors (Lipinski definition) is 4. The fourth-order valence-electron chi connectivity index (χ4n) is 4.15. The summed E-state index contributed by atoms with van der Waals surface area (Å²) in [7, 11) is 0. The van der Waals surface area contributed by atoms with Gasteiger partial charge < -0.3 is 25.3 Å². The summed E-state index contributed by atoms with van der Waals surface area (Å²) in [6.45, 7) is 8.51. The van der Waals surface area contributed by atoms with Crippen molar-refractivity contribution in [1.29, 1.82) is 0 Å². The first-order valence-corrected chi connectivity index (χ1v) is 10.7. The number of aromatic nitrogens is 2. The molecular weight excluding hydrogens is 392 g/mol. The molecule has 31 heavy (non-hydrogen) atoms. The van der Waals surface area contributed by atoms with E-state index in [0.29, 0.717) is 17.9 Å². The van der Waals surface area contributed by atoms with Gasteiger partial charge >= 0.3 is 0 Å². The van der Waals surface area contributed by atoms with Gasteiger partial charge in [0.1, 0.15) is 11.4 Å². The molecule has 7 heteroatoms. The summed E-state index contributed by atoms with van der Waals surface area (Å²) in [6, 6.07) is 11.9. The van der Waals surface area contributed by atoms with Crippen LogP contribution in [-0.2, 0) is 0 Å². The van der Waals surface area contributed by atoms with Crippen LogP contribution in [0.2, 0.25) is 0 Å². The van der Waals surface area contributed by atoms with E-state index in [2.05, 4.69) is 34.8 Å². The molecule has 4 rings (SSSR count). The number of primary amides is 1. The summed E-state index contributed by atoms with van der Waals surface area (Å²) in [5.41, 5.74) is 6.76. The minimum Gasteiger partial charge on any atom is -0.493 e. The zero-order valence-electron chi connectivity index (χ0n) is 18.1. The van der Waals surface area contributed by atoms with Crippen molar-refractivity contribution < 1.29 is 9.53 Å². The van der Waals surface area contributed by atoms with Crippen LogP contribution in [-0.4, -0.2) is 47.0 Å². The van der Waals surface area contributed by atoms with E-state index in [4.69, 9.17) is 10.5 Å². The number of ether oxygens (including phenoxy) is 1. The maximum Gasteiger partial charge on any atom is 0.265 e. The van der Waals surface area contributed by atoms with Crippen LogP contribution in [0.1, 0.15) is 43.6 Å². The van der Waals surface area contributed by atoms with Crippen LogP contribution in [0.4, 0.5) is 0 Å². The lowest BCUT2D eigenvalue weighted by atomic mass is 9.93. The summed E-state index contributed by atoms with van der Waals surface area (Å²) in [4.78, 5) is 31.8. The topological polar surface area (TPSA) is 104 Å². The Balaban J connectivity index is 1.47. The highest BCUT2D eigenvalue weighted by atomic mass is 16.5. The fourth-order valence-corrected chi connectivity index (χ4v) is 4.15. The van der Waals surface area contributed by atoms with Gasteiger partial charge in [-0.1, -0.05) is 20.3 Å². The van der Waals surface area contributed by atoms with Gasteiger partial charge in [-0.3, -0.25) is 9.59 Å². The second-order valence-corrected chi connectivity index (χ2v) is 9.12. The Morgan fingerprint density at radius 3 is 2.68 bits per heavy atom. The highest BCUT2D eigenvalue weighted by Gasteiger charge is 2.24. The van der Waals surface area contributed by atoms with E-state index >= 15 is 0 Å². The molecule has 3 aromatic rings. The number of nitrogens with one attached hydrogen (secondary N) is 2. The average Bonchev–Trinajstić information content (AvgIpc) is 3.15. The highest BCUT2D eigenvalue weighted by molar-refractivity contribution is 5.91. The van der Waals surface area contributed by atoms with Crippen molar-refractivity contribution in [2.75, 3.05) is 26.2 Å². The molecule has 1 aliphatic heterocycles. The van der Waals surface area contributed by atoms with Crippen molar-refractivity contribution in [3.8, 4) is 17.0 Å². The first-order chi connectivity index (χ1) is 14.8. The molecule has 1 amide bonds. The first-order valence-electron chi connectivity index (χ1n) is 10.7. The number of hydrogen-bond donors (Lipinski definition) is 3. The second kappa shape index (κ2) is 8.59. The summed E-state index contributed by atoms with van der Waals surface area (Å²) in [6.07, 6.45) is 3.91. The third kappa shape index (κ3) is 4.99. The molecule has 2 aromatic heterocycles. The van der Waals surface area contributed by atoms with Gasteiger partial charge in [0.2, 0.25) is 0 Å². The number of aromatic amines is 2. The summed E-state index contributed by atoms with van der Waals surface area (Å²) in [5.74, 6) is 0.0830. The number of pyridine rings is 1. The van der Waals surface area contributed by atoms with E-state index in [-0.39, 0.29) is 11.1 Å². The molecule has 0 unspecified atom stereocenters. The predicted molar refractivity (Wildman–Crippen MR) is 121 cm³/mol. The quantitative estimate of drug-likeness (QED) is 0.544. The molecule has 0 spiro atoms. The molecule has 0 saturated carbocycles. The van der Waals surface area contributed by atoms with Crippen molar-refractivity contribution >= 4 is 16.8 Å². The number of piperidine rings is 1. The van der Waals surface area contributed by atoms with E-state index in [1.54, 1.807) is 0 Å². The van der Waals surface area contributed by atoms with Crippen LogP contribution < -0.4 is 16.0 Å². The number of H-pyrrole nitrogens is 2. The van der Waals surface area contributed by atoms with Gasteiger partial charge in [-0.25, -0.2) is 0 Å². The Labute approximate surface area is 181 Å². The normalized spacial score (nSPS) is 15.3. The largest absolute Gasteiger partial charge is 0.493 e. The molecule has 0 aliphatic carbocycles. The van der Waals surface area contributed by atoms with Gasteiger partial charge in [0.15, 0.2) is 0 Å². The molecule has 1 fully saturated rings. The molecule has 3 heterocycles. The molecule has 1 aliphatic rings. The Kier molecular flexibility index (Phi) is 5.87. The Morgan fingerprint density at radius 2 is 1.97 bits per heavy atom. The number of likely N-dealkylation sites (tertiary alicyclic amines) is 1. The highest BCUT2D eigenvalue weighted by Crippen LogP contribution is 2.27. The summed E-state index contributed by atoms with van der Waals surface area (Å²) in [5, 5.41) is 0.944. The Hall–Kier alpha value is -3.06. The van der Waals surface area contributed by atoms with Crippen LogP contribution in [0.5, 0.6) is 5.75 Å². The standard InChI is InChI=1S/C24H29N4O3/c1-24(2,14-28-10-4-3-5-11-28)15-31-17-6-8-19-16(12-17)13-21(26-19)18-7-9-20(22(25)29)27-23(18)30/h6-8,12-13,26H,3-5,10-11,14-15H2,1-2H3,(H2,25,29)(H,27,30). The van der Waals surface area contributed by atoms with Gasteiger partial charge in [-0.2, -0.15) is 0 Å². The SMILES string of the molecule is CC(C)(COc1ccc2[nH]c(-c3c[c]c(C(N)=O)[nH]c3=O)cc2c1)CN1CCCCC1. The van der Waals surface area contributed by atoms with E-state index in [0.717, 1.165) is 23.2 Å². The number of nitrogens with two attached hydrogens (primary N) is 1. The van der Waals surface area contributed by atoms with Crippen molar-refractivity contribution in [2.45, 2.75) is 33.1 Å². The van der Waals surface area contributed by atoms with Gasteiger partial charge in [0, 0.05) is 28.9 Å². The number of nitrogens with zero attached hydrogens (tertiary/aromatic N) is 1. The Morgan fingerprint density at radius 1 is 1.19 bits per heavy atom. The third-order valence-electron chi connectivity index (χ3n) is 5.70. The average molecular weight is 422 g/mol. The van der Waals surface area contributed by atoms with Crippen molar-refractivity contribution in [3.63, 3.8) is 0 Å². The lowest BCUT2D eigenvalue weighted by Gasteiger charge is -2.34. The molecule has 7 nitrogen and oxygen atoms in total. The van der Waals surface area contributed by atoms with Crippen LogP contribution in [0, 0.1) is 11.5 Å². The minimum absolute atomic E-state index is 0.0345. The predicted octanol–water partition coefficient (Wildman–Crippen LogP) is 3.31. The molecule has 4 N–H and O–H groups in total. The summed E-state index contributed by atoms with van der Waals surface area (Å²) < 4.78 is 6.14. The summed E-state index contributed by atoms with van der Waals surface area (Å²) >= 11 is 0. The number of benzene rings is 1. The lowest BCUT2D eigenvalue weighted by molar-refractivity contribution is 0.0995. The lowest BCUT2D eigenvalue weighted by Crippen LogP contribution is -2.40. The Bertz CT molecular complexity index is 1140. The zero-order valence-corrected chi connectivity index (χ0v) is 18.1. The van der Waals surface area contributed by atoms with E-state index in [1.165, 1.54) is 38.4 Å². The molecule has 1 aromatic carbocycles. The van der Waals surface area contributed by atoms with Crippen LogP contribution in [0.3, 0.4) is 0 Å². The monoisotopic (exact) mass is 421 g/mol. The van der Waals surface area contributed by atoms with E-state index < -0.39 is 11.5 Å². The number of rotatable bonds is 7. The number of amides is 1. The fraction of sp³-hybridized carbons (Fsp3) is 0.417. The first kappa shape index (κ1) is 21.2. The third-order valence-corrected chi connectivity index (χ3v) is 5.70. The molecule has 1 radical (unpaired) electrons. The maximum absolute atomic E-state index is 12.3. The number of carbonyl (C=O) groups excluding carboxylic acids is 1. The van der Waals surface area contributed by atoms with Gasteiger partial charge in [-0.15, -0.1) is 0 Å². The van der Waals surface area contributed by atoms with Gasteiger partial charge in [-0.05, 0) is 56.3 Å². The van der Waals surface area contributed by atoms with Crippen molar-refractivity contribution in [3.05, 3.63) is 52.4 Å². The smallest absolute Gasteiger partial charge is 0.265 e. The molecule has 1 saturated heterocycles. The maximum atomic E-state index is 12.3. The minimum atomic E-state index is -0.717. The van der Waals surface area contributed by atoms with Crippen LogP contribution >= 0.6 is 0 Å². The van der Waals surface area contributed by atoms with Crippen molar-refractivity contribution in [1.82, 2.24) is 14.9 Å². The van der Waals surface area contributed by atoms with Crippen LogP contribution in [0.15, 0.2) is 35.1 Å². The van der Waals surface area contributed by atoms with E-state index in [1.807, 2.05) is 24.3 Å². The van der Waals surface area contributed by atoms with Crippen molar-refractivity contribution in [2.24, 2.45) is 11.1 Å². The molecule has 163 valence electrons. The second-order valence-electron chi connectivity index (χ2n) is 9.12. The van der Waals surface area contributed by atoms with E-state index in [9.17, 15) is 9.59 Å². The molecule has 0 bridgehead atoms.